The van der Waals surface area contributed by atoms with Crippen LogP contribution >= 0.6 is 0 Å². The van der Waals surface area contributed by atoms with E-state index in [1.807, 2.05) is 6.92 Å². The van der Waals surface area contributed by atoms with Crippen LogP contribution in [-0.2, 0) is 0 Å². The van der Waals surface area contributed by atoms with Gasteiger partial charge >= 0.3 is 0 Å². The first-order chi connectivity index (χ1) is 4.84. The molecule has 0 amide bonds. The summed E-state index contributed by atoms with van der Waals surface area (Å²) in [7, 11) is 0. The molecule has 0 aliphatic heterocycles. The first kappa shape index (κ1) is 5.77. The van der Waals surface area contributed by atoms with Gasteiger partial charge in [-0.15, -0.1) is 0 Å². The summed E-state index contributed by atoms with van der Waals surface area (Å²) in [4.78, 5) is 4.11. The fourth-order valence-electron chi connectivity index (χ4n) is 0.867. The highest BCUT2D eigenvalue weighted by Gasteiger charge is 2.21. The molecular formula is C7H10N2O. The van der Waals surface area contributed by atoms with E-state index in [0.29, 0.717) is 6.04 Å². The minimum Gasteiger partial charge on any atom is -0.447 e. The van der Waals surface area contributed by atoms with Crippen molar-refractivity contribution in [3.63, 3.8) is 0 Å². The van der Waals surface area contributed by atoms with Crippen molar-refractivity contribution < 1.29 is 4.42 Å². The van der Waals surface area contributed by atoms with Crippen LogP contribution in [0.2, 0.25) is 0 Å². The summed E-state index contributed by atoms with van der Waals surface area (Å²) in [5, 5.41) is 3.23. The lowest BCUT2D eigenvalue weighted by Gasteiger charge is -1.94. The number of aromatic nitrogens is 1. The predicted molar refractivity (Wildman–Crippen MR) is 37.9 cm³/mol. The van der Waals surface area contributed by atoms with Crippen LogP contribution in [0, 0.1) is 6.92 Å². The molecule has 1 aromatic rings. The average Bonchev–Trinajstić information content (AvgIpc) is 2.59. The highest BCUT2D eigenvalue weighted by atomic mass is 16.3. The Kier molecular flexibility index (Phi) is 1.16. The van der Waals surface area contributed by atoms with Gasteiger partial charge in [0.1, 0.15) is 6.26 Å². The standard InChI is InChI=1S/C7H10N2O/c1-5-8-7(4-10-5)9-6-2-3-6/h4,6,9H,2-3H2,1H3. The molecule has 2 rings (SSSR count). The van der Waals surface area contributed by atoms with Gasteiger partial charge < -0.3 is 9.73 Å². The molecule has 1 aromatic heterocycles. The number of oxazole rings is 1. The van der Waals surface area contributed by atoms with Crippen LogP contribution in [0.1, 0.15) is 18.7 Å². The molecular weight excluding hydrogens is 128 g/mol. The third kappa shape index (κ3) is 1.12. The van der Waals surface area contributed by atoms with E-state index in [9.17, 15) is 0 Å². The van der Waals surface area contributed by atoms with Crippen LogP contribution in [0.15, 0.2) is 10.7 Å². The molecule has 1 aliphatic rings. The van der Waals surface area contributed by atoms with Gasteiger partial charge in [0.2, 0.25) is 0 Å². The molecule has 0 aromatic carbocycles. The second kappa shape index (κ2) is 2.01. The van der Waals surface area contributed by atoms with Crippen molar-refractivity contribution in [1.82, 2.24) is 4.98 Å². The number of aryl methyl sites for hydroxylation is 1. The Morgan fingerprint density at radius 2 is 2.50 bits per heavy atom. The lowest BCUT2D eigenvalue weighted by atomic mass is 10.6. The molecule has 1 fully saturated rings. The highest BCUT2D eigenvalue weighted by molar-refractivity contribution is 5.33. The zero-order chi connectivity index (χ0) is 6.97. The van der Waals surface area contributed by atoms with Gasteiger partial charge in [-0.25, -0.2) is 0 Å². The molecule has 3 heteroatoms. The molecule has 3 nitrogen and oxygen atoms in total. The van der Waals surface area contributed by atoms with Gasteiger partial charge in [-0.2, -0.15) is 4.98 Å². The van der Waals surface area contributed by atoms with E-state index in [4.69, 9.17) is 4.42 Å². The predicted octanol–water partition coefficient (Wildman–Crippen LogP) is 1.56. The molecule has 1 N–H and O–H groups in total. The maximum Gasteiger partial charge on any atom is 0.192 e. The first-order valence-corrected chi connectivity index (χ1v) is 3.53. The van der Waals surface area contributed by atoms with Crippen molar-refractivity contribution in [3.05, 3.63) is 12.2 Å². The number of nitrogens with one attached hydrogen (secondary N) is 1. The summed E-state index contributed by atoms with van der Waals surface area (Å²) in [6, 6.07) is 0.657. The molecule has 54 valence electrons. The van der Waals surface area contributed by atoms with E-state index in [1.165, 1.54) is 12.8 Å². The quantitative estimate of drug-likeness (QED) is 0.673. The van der Waals surface area contributed by atoms with E-state index in [2.05, 4.69) is 10.3 Å². The Labute approximate surface area is 59.4 Å². The van der Waals surface area contributed by atoms with E-state index < -0.39 is 0 Å². The van der Waals surface area contributed by atoms with Crippen LogP contribution in [0.3, 0.4) is 0 Å². The summed E-state index contributed by atoms with van der Waals surface area (Å²) < 4.78 is 5.02. The molecule has 0 saturated heterocycles. The van der Waals surface area contributed by atoms with Gasteiger partial charge in [0.05, 0.1) is 0 Å². The van der Waals surface area contributed by atoms with Crippen LogP contribution in [0.25, 0.3) is 0 Å². The van der Waals surface area contributed by atoms with Crippen LogP contribution in [0.5, 0.6) is 0 Å². The van der Waals surface area contributed by atoms with Crippen molar-refractivity contribution in [1.29, 1.82) is 0 Å². The largest absolute Gasteiger partial charge is 0.447 e. The van der Waals surface area contributed by atoms with Gasteiger partial charge in [0.25, 0.3) is 0 Å². The molecule has 0 atom stereocenters. The number of hydrogen-bond acceptors (Lipinski definition) is 3. The summed E-state index contributed by atoms with van der Waals surface area (Å²) in [5.41, 5.74) is 0. The monoisotopic (exact) mass is 138 g/mol. The topological polar surface area (TPSA) is 38.1 Å². The fraction of sp³-hybridized carbons (Fsp3) is 0.571. The molecule has 0 radical (unpaired) electrons. The van der Waals surface area contributed by atoms with Gasteiger partial charge in [-0.3, -0.25) is 0 Å². The van der Waals surface area contributed by atoms with E-state index in [1.54, 1.807) is 6.26 Å². The SMILES string of the molecule is Cc1nc(NC2CC2)co1. The van der Waals surface area contributed by atoms with E-state index >= 15 is 0 Å². The molecule has 1 saturated carbocycles. The van der Waals surface area contributed by atoms with Crippen molar-refractivity contribution in [2.45, 2.75) is 25.8 Å². The summed E-state index contributed by atoms with van der Waals surface area (Å²) in [5.74, 6) is 1.60. The van der Waals surface area contributed by atoms with Gasteiger partial charge in [0.15, 0.2) is 11.7 Å². The zero-order valence-corrected chi connectivity index (χ0v) is 5.92. The molecule has 0 bridgehead atoms. The Morgan fingerprint density at radius 3 is 3.00 bits per heavy atom. The molecule has 1 heterocycles. The zero-order valence-electron chi connectivity index (χ0n) is 5.92. The van der Waals surface area contributed by atoms with Crippen molar-refractivity contribution in [3.8, 4) is 0 Å². The van der Waals surface area contributed by atoms with Gasteiger partial charge in [-0.05, 0) is 12.8 Å². The smallest absolute Gasteiger partial charge is 0.192 e. The van der Waals surface area contributed by atoms with Crippen molar-refractivity contribution in [2.24, 2.45) is 0 Å². The van der Waals surface area contributed by atoms with E-state index in [0.717, 1.165) is 11.7 Å². The second-order valence-corrected chi connectivity index (χ2v) is 2.67. The van der Waals surface area contributed by atoms with Crippen molar-refractivity contribution >= 4 is 5.82 Å². The fourth-order valence-corrected chi connectivity index (χ4v) is 0.867. The molecule has 0 unspecified atom stereocenters. The molecule has 10 heavy (non-hydrogen) atoms. The maximum atomic E-state index is 5.02. The van der Waals surface area contributed by atoms with Crippen molar-refractivity contribution in [2.75, 3.05) is 5.32 Å². The summed E-state index contributed by atoms with van der Waals surface area (Å²) >= 11 is 0. The molecule has 0 spiro atoms. The maximum absolute atomic E-state index is 5.02. The third-order valence-corrected chi connectivity index (χ3v) is 1.55. The van der Waals surface area contributed by atoms with Crippen LogP contribution < -0.4 is 5.32 Å². The van der Waals surface area contributed by atoms with E-state index in [-0.39, 0.29) is 0 Å². The molecule has 1 aliphatic carbocycles. The first-order valence-electron chi connectivity index (χ1n) is 3.53. The number of hydrogen-bond donors (Lipinski definition) is 1. The highest BCUT2D eigenvalue weighted by Crippen LogP contribution is 2.23. The lowest BCUT2D eigenvalue weighted by Crippen LogP contribution is -2.00. The number of anilines is 1. The normalized spacial score (nSPS) is 17.3. The summed E-state index contributed by atoms with van der Waals surface area (Å²) in [6.07, 6.45) is 4.20. The van der Waals surface area contributed by atoms with Crippen LogP contribution in [-0.4, -0.2) is 11.0 Å². The Bertz CT molecular complexity index is 227. The number of rotatable bonds is 2. The minimum absolute atomic E-state index is 0.657. The Morgan fingerprint density at radius 1 is 1.70 bits per heavy atom. The average molecular weight is 138 g/mol. The van der Waals surface area contributed by atoms with Gasteiger partial charge in [-0.1, -0.05) is 0 Å². The van der Waals surface area contributed by atoms with Crippen LogP contribution in [0.4, 0.5) is 5.82 Å². The Hall–Kier alpha value is -0.990. The lowest BCUT2D eigenvalue weighted by molar-refractivity contribution is 0.521. The minimum atomic E-state index is 0.657. The summed E-state index contributed by atoms with van der Waals surface area (Å²) in [6.45, 7) is 1.85. The number of nitrogens with zero attached hydrogens (tertiary/aromatic N) is 1. The third-order valence-electron chi connectivity index (χ3n) is 1.55. The second-order valence-electron chi connectivity index (χ2n) is 2.67. The van der Waals surface area contributed by atoms with Gasteiger partial charge in [0, 0.05) is 13.0 Å². The Balaban J connectivity index is 2.03.